The van der Waals surface area contributed by atoms with Gasteiger partial charge in [-0.05, 0) is 62.1 Å². The highest BCUT2D eigenvalue weighted by molar-refractivity contribution is 7.90. The van der Waals surface area contributed by atoms with Crippen molar-refractivity contribution >= 4 is 27.5 Å². The van der Waals surface area contributed by atoms with Gasteiger partial charge in [-0.25, -0.2) is 0 Å². The van der Waals surface area contributed by atoms with Gasteiger partial charge in [-0.1, -0.05) is 12.1 Å². The van der Waals surface area contributed by atoms with E-state index in [2.05, 4.69) is 26.7 Å². The summed E-state index contributed by atoms with van der Waals surface area (Å²) in [5.74, 6) is 1.20. The molecule has 3 aliphatic rings. The van der Waals surface area contributed by atoms with E-state index in [0.717, 1.165) is 44.5 Å². The van der Waals surface area contributed by atoms with Gasteiger partial charge < -0.3 is 19.9 Å². The first-order valence-corrected chi connectivity index (χ1v) is 13.3. The number of sulfonamides is 1. The Morgan fingerprint density at radius 2 is 1.74 bits per heavy atom. The molecule has 1 N–H and O–H groups in total. The van der Waals surface area contributed by atoms with Gasteiger partial charge in [0.25, 0.3) is 10.0 Å². The number of anilines is 1. The molecule has 9 heteroatoms. The van der Waals surface area contributed by atoms with Gasteiger partial charge >= 0.3 is 0 Å². The second-order valence-electron chi connectivity index (χ2n) is 9.14. The van der Waals surface area contributed by atoms with E-state index in [0.29, 0.717) is 24.5 Å². The first-order valence-electron chi connectivity index (χ1n) is 11.8. The second kappa shape index (κ2) is 9.29. The van der Waals surface area contributed by atoms with E-state index in [1.54, 1.807) is 25.3 Å². The van der Waals surface area contributed by atoms with Gasteiger partial charge in [-0.2, -0.15) is 8.42 Å². The molecule has 1 unspecified atom stereocenters. The number of piperidine rings is 2. The predicted molar refractivity (Wildman–Crippen MR) is 131 cm³/mol. The number of carbonyl (C=O) groups excluding carboxylic acids is 1. The van der Waals surface area contributed by atoms with Crippen molar-refractivity contribution < 1.29 is 17.9 Å². The smallest absolute Gasteiger partial charge is 0.285 e. The Hall–Kier alpha value is -3.07. The highest BCUT2D eigenvalue weighted by atomic mass is 32.2. The average Bonchev–Trinajstić information content (AvgIpc) is 3.15. The molecule has 2 aromatic carbocycles. The molecule has 3 heterocycles. The summed E-state index contributed by atoms with van der Waals surface area (Å²) in [7, 11) is -2.00. The van der Waals surface area contributed by atoms with Crippen LogP contribution in [0.25, 0.3) is 0 Å². The van der Waals surface area contributed by atoms with Crippen LogP contribution in [0.2, 0.25) is 0 Å². The Kier molecular flexibility index (Phi) is 6.20. The standard InChI is InChI=1S/C25H30N4O4S/c1-33-21-10-8-20(9-11-21)28-15-12-19(13-16-28)26-25(30)18-5-4-14-29(17-18)24-22-6-2-3-7-23(22)34(31,32)27-24/h2-3,6-11,18-19H,4-5,12-17H2,1H3,(H,26,30). The second-order valence-corrected chi connectivity index (χ2v) is 10.7. The first kappa shape index (κ1) is 22.7. The van der Waals surface area contributed by atoms with Crippen molar-refractivity contribution in [2.75, 3.05) is 38.2 Å². The minimum atomic E-state index is -3.66. The molecule has 2 aromatic rings. The van der Waals surface area contributed by atoms with E-state index >= 15 is 0 Å². The highest BCUT2D eigenvalue weighted by Crippen LogP contribution is 2.30. The van der Waals surface area contributed by atoms with Crippen LogP contribution in [-0.4, -0.2) is 64.4 Å². The summed E-state index contributed by atoms with van der Waals surface area (Å²) in [4.78, 5) is 17.6. The SMILES string of the molecule is COc1ccc(N2CCC(NC(=O)C3CCCN(C4=NS(=O)(=O)c5ccccc54)C3)CC2)cc1. The summed E-state index contributed by atoms with van der Waals surface area (Å²) in [6.45, 7) is 2.96. The molecule has 0 saturated carbocycles. The zero-order valence-corrected chi connectivity index (χ0v) is 20.1. The number of carbonyl (C=O) groups is 1. The number of fused-ring (bicyclic) bond motifs is 1. The zero-order chi connectivity index (χ0) is 23.7. The summed E-state index contributed by atoms with van der Waals surface area (Å²) in [6.07, 6.45) is 3.42. The average molecular weight is 483 g/mol. The number of hydrogen-bond acceptors (Lipinski definition) is 6. The van der Waals surface area contributed by atoms with Crippen LogP contribution >= 0.6 is 0 Å². The number of ether oxygens (including phenoxy) is 1. The maximum atomic E-state index is 13.1. The number of hydrogen-bond donors (Lipinski definition) is 1. The molecule has 0 aromatic heterocycles. The van der Waals surface area contributed by atoms with E-state index in [1.165, 1.54) is 5.69 Å². The molecular weight excluding hydrogens is 452 g/mol. The van der Waals surface area contributed by atoms with E-state index in [1.807, 2.05) is 23.1 Å². The van der Waals surface area contributed by atoms with Crippen LogP contribution in [0.5, 0.6) is 5.75 Å². The fourth-order valence-corrected chi connectivity index (χ4v) is 6.32. The van der Waals surface area contributed by atoms with Gasteiger partial charge in [-0.3, -0.25) is 4.79 Å². The van der Waals surface area contributed by atoms with Crippen molar-refractivity contribution in [1.82, 2.24) is 10.2 Å². The van der Waals surface area contributed by atoms with Crippen LogP contribution in [-0.2, 0) is 14.8 Å². The topological polar surface area (TPSA) is 91.3 Å². The summed E-state index contributed by atoms with van der Waals surface area (Å²) < 4.78 is 34.2. The zero-order valence-electron chi connectivity index (χ0n) is 19.3. The Labute approximate surface area is 200 Å². The fraction of sp³-hybridized carbons (Fsp3) is 0.440. The number of rotatable bonds is 4. The minimum Gasteiger partial charge on any atom is -0.497 e. The summed E-state index contributed by atoms with van der Waals surface area (Å²) in [6, 6.07) is 15.1. The van der Waals surface area contributed by atoms with Crippen molar-refractivity contribution in [3.63, 3.8) is 0 Å². The third-order valence-corrected chi connectivity index (χ3v) is 8.31. The summed E-state index contributed by atoms with van der Waals surface area (Å²) in [5.41, 5.74) is 1.80. The Balaban J connectivity index is 1.18. The molecular formula is C25H30N4O4S. The highest BCUT2D eigenvalue weighted by Gasteiger charge is 2.35. The van der Waals surface area contributed by atoms with Gasteiger partial charge in [0.2, 0.25) is 5.91 Å². The van der Waals surface area contributed by atoms with Crippen molar-refractivity contribution in [2.45, 2.75) is 36.6 Å². The number of likely N-dealkylation sites (tertiary alicyclic amines) is 1. The predicted octanol–water partition coefficient (Wildman–Crippen LogP) is 2.64. The molecule has 0 radical (unpaired) electrons. The molecule has 2 saturated heterocycles. The molecule has 8 nitrogen and oxygen atoms in total. The van der Waals surface area contributed by atoms with Crippen molar-refractivity contribution in [2.24, 2.45) is 10.3 Å². The van der Waals surface area contributed by atoms with Crippen LogP contribution in [0.15, 0.2) is 57.8 Å². The number of amidine groups is 1. The number of benzene rings is 2. The van der Waals surface area contributed by atoms with Crippen LogP contribution in [0.3, 0.4) is 0 Å². The largest absolute Gasteiger partial charge is 0.497 e. The summed E-state index contributed by atoms with van der Waals surface area (Å²) in [5, 5.41) is 3.25. The third kappa shape index (κ3) is 4.49. The monoisotopic (exact) mass is 482 g/mol. The lowest BCUT2D eigenvalue weighted by Crippen LogP contribution is -2.50. The van der Waals surface area contributed by atoms with E-state index < -0.39 is 10.0 Å². The maximum Gasteiger partial charge on any atom is 0.285 e. The van der Waals surface area contributed by atoms with Crippen LogP contribution in [0.1, 0.15) is 31.2 Å². The molecule has 1 atom stereocenters. The molecule has 3 aliphatic heterocycles. The molecule has 180 valence electrons. The van der Waals surface area contributed by atoms with Gasteiger partial charge in [0.1, 0.15) is 10.6 Å². The number of methoxy groups -OCH3 is 1. The maximum absolute atomic E-state index is 13.1. The number of amides is 1. The molecule has 5 rings (SSSR count). The Bertz CT molecular complexity index is 1190. The normalized spacial score (nSPS) is 22.1. The fourth-order valence-electron chi connectivity index (χ4n) is 5.09. The van der Waals surface area contributed by atoms with Crippen LogP contribution < -0.4 is 15.0 Å². The third-order valence-electron chi connectivity index (χ3n) is 6.98. The summed E-state index contributed by atoms with van der Waals surface area (Å²) >= 11 is 0. The Morgan fingerprint density at radius 1 is 1.00 bits per heavy atom. The quantitative estimate of drug-likeness (QED) is 0.721. The van der Waals surface area contributed by atoms with Crippen molar-refractivity contribution in [1.29, 1.82) is 0 Å². The lowest BCUT2D eigenvalue weighted by molar-refractivity contribution is -0.127. The molecule has 34 heavy (non-hydrogen) atoms. The van der Waals surface area contributed by atoms with Crippen LogP contribution in [0, 0.1) is 5.92 Å². The lowest BCUT2D eigenvalue weighted by Gasteiger charge is -2.36. The van der Waals surface area contributed by atoms with Gasteiger partial charge in [-0.15, -0.1) is 4.40 Å². The van der Waals surface area contributed by atoms with Crippen molar-refractivity contribution in [3.8, 4) is 5.75 Å². The molecule has 2 fully saturated rings. The van der Waals surface area contributed by atoms with E-state index in [9.17, 15) is 13.2 Å². The van der Waals surface area contributed by atoms with E-state index in [-0.39, 0.29) is 22.8 Å². The first-order chi connectivity index (χ1) is 16.4. The van der Waals surface area contributed by atoms with Gasteiger partial charge in [0.05, 0.1) is 13.0 Å². The van der Waals surface area contributed by atoms with Gasteiger partial charge in [0.15, 0.2) is 5.84 Å². The minimum absolute atomic E-state index is 0.0577. The Morgan fingerprint density at radius 3 is 2.47 bits per heavy atom. The van der Waals surface area contributed by atoms with Crippen molar-refractivity contribution in [3.05, 3.63) is 54.1 Å². The molecule has 1 amide bonds. The molecule has 0 spiro atoms. The molecule has 0 bridgehead atoms. The molecule has 0 aliphatic carbocycles. The lowest BCUT2D eigenvalue weighted by atomic mass is 9.95. The van der Waals surface area contributed by atoms with E-state index in [4.69, 9.17) is 4.74 Å². The number of nitrogens with zero attached hydrogens (tertiary/aromatic N) is 3. The van der Waals surface area contributed by atoms with Crippen LogP contribution in [0.4, 0.5) is 5.69 Å². The number of nitrogens with one attached hydrogen (secondary N) is 1. The van der Waals surface area contributed by atoms with Gasteiger partial charge in [0, 0.05) is 43.5 Å².